The number of nitrogens with zero attached hydrogens (tertiary/aromatic N) is 6. The minimum Gasteiger partial charge on any atom is -0.497 e. The van der Waals surface area contributed by atoms with Gasteiger partial charge in [0.15, 0.2) is 0 Å². The molecule has 0 N–H and O–H groups in total. The van der Waals surface area contributed by atoms with Gasteiger partial charge in [-0.1, -0.05) is 31.4 Å². The zero-order valence-corrected chi connectivity index (χ0v) is 24.2. The quantitative estimate of drug-likeness (QED) is 0.382. The standard InChI is InChI=1S/C32H44N6O2/c1-39-29-10-9-28(32(20-29)40-2)24-36-12-6-13-37(25-36)31-21-33-38-14-11-27(19-30(31)38)23-35-17-15-34(16-18-35)22-26-7-4-3-5-8-26/h6,9-11,13-14,19-21,26H,3-5,7-8,12,15-18,22-25H2,1-2H3. The van der Waals surface area contributed by atoms with E-state index in [1.54, 1.807) is 14.2 Å². The monoisotopic (exact) mass is 544 g/mol. The van der Waals surface area contributed by atoms with Crippen LogP contribution < -0.4 is 14.4 Å². The molecule has 214 valence electrons. The fourth-order valence-corrected chi connectivity index (χ4v) is 6.59. The Hall–Kier alpha value is -3.07. The number of hydrogen-bond donors (Lipinski definition) is 0. The van der Waals surface area contributed by atoms with Crippen LogP contribution in [0.4, 0.5) is 5.69 Å². The van der Waals surface area contributed by atoms with Gasteiger partial charge in [-0.05, 0) is 42.5 Å². The van der Waals surface area contributed by atoms with E-state index in [9.17, 15) is 0 Å². The van der Waals surface area contributed by atoms with Crippen molar-refractivity contribution in [3.05, 3.63) is 66.1 Å². The molecule has 0 amide bonds. The van der Waals surface area contributed by atoms with Crippen LogP contribution in [0.25, 0.3) is 5.52 Å². The summed E-state index contributed by atoms with van der Waals surface area (Å²) in [5.41, 5.74) is 4.80. The molecule has 40 heavy (non-hydrogen) atoms. The number of methoxy groups -OCH3 is 2. The number of benzene rings is 1. The second-order valence-electron chi connectivity index (χ2n) is 11.7. The third-order valence-corrected chi connectivity index (χ3v) is 8.88. The first kappa shape index (κ1) is 27.1. The van der Waals surface area contributed by atoms with Crippen molar-refractivity contribution >= 4 is 11.2 Å². The average Bonchev–Trinajstić information content (AvgIpc) is 3.42. The van der Waals surface area contributed by atoms with Gasteiger partial charge in [-0.2, -0.15) is 5.10 Å². The van der Waals surface area contributed by atoms with E-state index in [-0.39, 0.29) is 0 Å². The highest BCUT2D eigenvalue weighted by molar-refractivity contribution is 5.74. The maximum Gasteiger partial charge on any atom is 0.127 e. The molecule has 0 atom stereocenters. The minimum absolute atomic E-state index is 0.792. The average molecular weight is 545 g/mol. The Morgan fingerprint density at radius 1 is 0.875 bits per heavy atom. The van der Waals surface area contributed by atoms with Gasteiger partial charge in [-0.3, -0.25) is 9.80 Å². The number of fused-ring (bicyclic) bond motifs is 1. The molecule has 0 spiro atoms. The molecule has 8 heteroatoms. The van der Waals surface area contributed by atoms with Crippen LogP contribution >= 0.6 is 0 Å². The van der Waals surface area contributed by atoms with Crippen molar-refractivity contribution in [1.82, 2.24) is 24.3 Å². The lowest BCUT2D eigenvalue weighted by molar-refractivity contribution is 0.105. The lowest BCUT2D eigenvalue weighted by atomic mass is 9.89. The summed E-state index contributed by atoms with van der Waals surface area (Å²) in [7, 11) is 3.40. The number of aromatic nitrogens is 2. The first-order valence-electron chi connectivity index (χ1n) is 15.0. The molecule has 0 radical (unpaired) electrons. The van der Waals surface area contributed by atoms with Crippen molar-refractivity contribution in [2.45, 2.75) is 45.2 Å². The van der Waals surface area contributed by atoms with Crippen molar-refractivity contribution < 1.29 is 9.47 Å². The zero-order valence-electron chi connectivity index (χ0n) is 24.2. The first-order chi connectivity index (χ1) is 19.7. The molecule has 1 saturated heterocycles. The Bertz CT molecular complexity index is 1290. The molecule has 4 heterocycles. The predicted molar refractivity (Wildman–Crippen MR) is 160 cm³/mol. The molecule has 3 aliphatic rings. The maximum atomic E-state index is 5.64. The second-order valence-corrected chi connectivity index (χ2v) is 11.7. The van der Waals surface area contributed by atoms with Crippen molar-refractivity contribution in [2.75, 3.05) is 65.1 Å². The molecule has 6 rings (SSSR count). The Morgan fingerprint density at radius 3 is 2.50 bits per heavy atom. The van der Waals surface area contributed by atoms with Crippen molar-refractivity contribution in [3.8, 4) is 11.5 Å². The lowest BCUT2D eigenvalue weighted by Crippen LogP contribution is -2.47. The summed E-state index contributed by atoms with van der Waals surface area (Å²) >= 11 is 0. The van der Waals surface area contributed by atoms with Crippen LogP contribution in [-0.2, 0) is 13.1 Å². The van der Waals surface area contributed by atoms with E-state index in [4.69, 9.17) is 9.47 Å². The van der Waals surface area contributed by atoms with Crippen LogP contribution in [-0.4, -0.2) is 84.5 Å². The largest absolute Gasteiger partial charge is 0.497 e. The third kappa shape index (κ3) is 6.29. The molecule has 0 bridgehead atoms. The van der Waals surface area contributed by atoms with Gasteiger partial charge in [-0.25, -0.2) is 4.52 Å². The molecule has 2 aliphatic heterocycles. The highest BCUT2D eigenvalue weighted by Crippen LogP contribution is 2.29. The number of ether oxygens (including phenoxy) is 2. The smallest absolute Gasteiger partial charge is 0.127 e. The predicted octanol–water partition coefficient (Wildman–Crippen LogP) is 4.84. The fraction of sp³-hybridized carbons (Fsp3) is 0.531. The van der Waals surface area contributed by atoms with Crippen LogP contribution in [0.5, 0.6) is 11.5 Å². The van der Waals surface area contributed by atoms with Gasteiger partial charge in [0.05, 0.1) is 38.3 Å². The van der Waals surface area contributed by atoms with E-state index in [0.717, 1.165) is 73.6 Å². The van der Waals surface area contributed by atoms with Crippen molar-refractivity contribution in [1.29, 1.82) is 0 Å². The maximum absolute atomic E-state index is 5.64. The zero-order chi connectivity index (χ0) is 27.3. The Balaban J connectivity index is 1.08. The van der Waals surface area contributed by atoms with E-state index in [2.05, 4.69) is 61.4 Å². The van der Waals surface area contributed by atoms with E-state index in [0.29, 0.717) is 0 Å². The summed E-state index contributed by atoms with van der Waals surface area (Å²) in [4.78, 5) is 10.0. The molecule has 2 fully saturated rings. The molecule has 3 aromatic rings. The van der Waals surface area contributed by atoms with Crippen molar-refractivity contribution in [3.63, 3.8) is 0 Å². The van der Waals surface area contributed by atoms with Gasteiger partial charge in [0.2, 0.25) is 0 Å². The van der Waals surface area contributed by atoms with Crippen molar-refractivity contribution in [2.24, 2.45) is 5.92 Å². The van der Waals surface area contributed by atoms with E-state index >= 15 is 0 Å². The molecule has 1 aliphatic carbocycles. The summed E-state index contributed by atoms with van der Waals surface area (Å²) in [6.07, 6.45) is 15.7. The summed E-state index contributed by atoms with van der Waals surface area (Å²) in [6.45, 7) is 9.50. The SMILES string of the molecule is COc1ccc(CN2CC=CN(c3cnn4ccc(CN5CCN(CC6CCCCC6)CC5)cc34)C2)c(OC)c1. The number of piperazine rings is 1. The van der Waals surface area contributed by atoms with Gasteiger partial charge >= 0.3 is 0 Å². The summed E-state index contributed by atoms with van der Waals surface area (Å²) in [5.74, 6) is 2.60. The van der Waals surface area contributed by atoms with Crippen LogP contribution in [0.2, 0.25) is 0 Å². The third-order valence-electron chi connectivity index (χ3n) is 8.88. The molecule has 1 saturated carbocycles. The summed E-state index contributed by atoms with van der Waals surface area (Å²) in [6, 6.07) is 10.6. The molecule has 2 aromatic heterocycles. The normalized spacial score (nSPS) is 19.9. The fourth-order valence-electron chi connectivity index (χ4n) is 6.59. The summed E-state index contributed by atoms with van der Waals surface area (Å²) in [5, 5.41) is 4.67. The minimum atomic E-state index is 0.792. The van der Waals surface area contributed by atoms with Gasteiger partial charge in [0.25, 0.3) is 0 Å². The van der Waals surface area contributed by atoms with Crippen LogP contribution in [0, 0.1) is 5.92 Å². The summed E-state index contributed by atoms with van der Waals surface area (Å²) < 4.78 is 13.0. The highest BCUT2D eigenvalue weighted by atomic mass is 16.5. The van der Waals surface area contributed by atoms with Gasteiger partial charge in [0.1, 0.15) is 11.5 Å². The Labute approximate surface area is 238 Å². The molecule has 0 unspecified atom stereocenters. The van der Waals surface area contributed by atoms with Crippen LogP contribution in [0.1, 0.15) is 43.2 Å². The molecule has 8 nitrogen and oxygen atoms in total. The van der Waals surface area contributed by atoms with Gasteiger partial charge in [0, 0.05) is 76.4 Å². The van der Waals surface area contributed by atoms with E-state index < -0.39 is 0 Å². The van der Waals surface area contributed by atoms with E-state index in [1.807, 2.05) is 22.8 Å². The molecule has 1 aromatic carbocycles. The lowest BCUT2D eigenvalue weighted by Gasteiger charge is -2.37. The van der Waals surface area contributed by atoms with Gasteiger partial charge < -0.3 is 19.3 Å². The second kappa shape index (κ2) is 12.6. The number of anilines is 1. The first-order valence-corrected chi connectivity index (χ1v) is 15.0. The Kier molecular flexibility index (Phi) is 8.56. The Morgan fingerprint density at radius 2 is 1.70 bits per heavy atom. The van der Waals surface area contributed by atoms with Gasteiger partial charge in [-0.15, -0.1) is 0 Å². The molecular formula is C32H44N6O2. The topological polar surface area (TPSA) is 48.7 Å². The van der Waals surface area contributed by atoms with Crippen LogP contribution in [0.15, 0.2) is 55.0 Å². The highest BCUT2D eigenvalue weighted by Gasteiger charge is 2.23. The van der Waals surface area contributed by atoms with Crippen LogP contribution in [0.3, 0.4) is 0 Å². The molecular weight excluding hydrogens is 500 g/mol. The number of rotatable bonds is 9. The van der Waals surface area contributed by atoms with E-state index in [1.165, 1.54) is 57.3 Å². The number of pyridine rings is 1. The number of hydrogen-bond acceptors (Lipinski definition) is 7.